The van der Waals surface area contributed by atoms with E-state index in [1.54, 1.807) is 24.3 Å². The molecule has 0 heterocycles. The minimum Gasteiger partial charge on any atom is -0.481 e. The molecular weight excluding hydrogens is 298 g/mol. The molecule has 0 aromatic heterocycles. The quantitative estimate of drug-likeness (QED) is 0.838. The molecule has 22 heavy (non-hydrogen) atoms. The van der Waals surface area contributed by atoms with E-state index in [-0.39, 0.29) is 5.91 Å². The fourth-order valence-corrected chi connectivity index (χ4v) is 2.37. The van der Waals surface area contributed by atoms with E-state index >= 15 is 0 Å². The minimum atomic E-state index is -0.552. The summed E-state index contributed by atoms with van der Waals surface area (Å²) in [5, 5.41) is 3.54. The van der Waals surface area contributed by atoms with Gasteiger partial charge in [-0.15, -0.1) is 0 Å². The van der Waals surface area contributed by atoms with Crippen molar-refractivity contribution in [2.45, 2.75) is 32.8 Å². The predicted octanol–water partition coefficient (Wildman–Crippen LogP) is 4.70. The van der Waals surface area contributed by atoms with Gasteiger partial charge in [0.15, 0.2) is 6.10 Å². The number of ether oxygens (including phenoxy) is 1. The van der Waals surface area contributed by atoms with Gasteiger partial charge in [0.05, 0.1) is 0 Å². The van der Waals surface area contributed by atoms with Crippen LogP contribution in [-0.4, -0.2) is 12.0 Å². The van der Waals surface area contributed by atoms with Gasteiger partial charge in [-0.2, -0.15) is 0 Å². The Morgan fingerprint density at radius 2 is 1.95 bits per heavy atom. The lowest BCUT2D eigenvalue weighted by molar-refractivity contribution is -0.122. The Hall–Kier alpha value is -2.00. The van der Waals surface area contributed by atoms with Crippen molar-refractivity contribution in [3.05, 3.63) is 59.1 Å². The number of aryl methyl sites for hydroxylation is 1. The van der Waals surface area contributed by atoms with Crippen LogP contribution in [-0.2, 0) is 11.2 Å². The van der Waals surface area contributed by atoms with Gasteiger partial charge in [-0.25, -0.2) is 0 Å². The number of anilines is 1. The topological polar surface area (TPSA) is 38.3 Å². The maximum atomic E-state index is 12.4. The van der Waals surface area contributed by atoms with Crippen LogP contribution in [0.15, 0.2) is 48.5 Å². The second-order valence-electron chi connectivity index (χ2n) is 4.97. The van der Waals surface area contributed by atoms with Crippen LogP contribution in [0.2, 0.25) is 5.02 Å². The number of benzene rings is 2. The van der Waals surface area contributed by atoms with Crippen LogP contribution in [0.3, 0.4) is 0 Å². The van der Waals surface area contributed by atoms with Crippen molar-refractivity contribution in [3.63, 3.8) is 0 Å². The number of carbonyl (C=O) groups excluding carboxylic acids is 1. The number of carbonyl (C=O) groups is 1. The zero-order chi connectivity index (χ0) is 15.9. The molecular formula is C18H20ClNO2. The number of para-hydroxylation sites is 1. The first-order chi connectivity index (χ1) is 10.6. The van der Waals surface area contributed by atoms with Crippen molar-refractivity contribution < 1.29 is 9.53 Å². The molecule has 4 heteroatoms. The molecule has 0 saturated carbocycles. The maximum Gasteiger partial charge on any atom is 0.265 e. The second-order valence-corrected chi connectivity index (χ2v) is 5.41. The highest BCUT2D eigenvalue weighted by atomic mass is 35.5. The molecule has 0 aliphatic rings. The lowest BCUT2D eigenvalue weighted by Crippen LogP contribution is -2.32. The van der Waals surface area contributed by atoms with Crippen LogP contribution in [0.4, 0.5) is 5.69 Å². The first-order valence-electron chi connectivity index (χ1n) is 7.45. The van der Waals surface area contributed by atoms with E-state index in [2.05, 4.69) is 12.2 Å². The molecule has 116 valence electrons. The van der Waals surface area contributed by atoms with Gasteiger partial charge in [0.2, 0.25) is 0 Å². The molecule has 1 unspecified atom stereocenters. The first-order valence-corrected chi connectivity index (χ1v) is 7.82. The van der Waals surface area contributed by atoms with E-state index in [0.29, 0.717) is 17.2 Å². The summed E-state index contributed by atoms with van der Waals surface area (Å²) in [6.45, 7) is 3.98. The maximum absolute atomic E-state index is 12.4. The number of halogens is 1. The van der Waals surface area contributed by atoms with Crippen molar-refractivity contribution in [1.29, 1.82) is 0 Å². The van der Waals surface area contributed by atoms with Crippen molar-refractivity contribution in [2.24, 2.45) is 0 Å². The molecule has 0 saturated heterocycles. The van der Waals surface area contributed by atoms with E-state index in [1.807, 2.05) is 31.2 Å². The average molecular weight is 318 g/mol. The summed E-state index contributed by atoms with van der Waals surface area (Å²) in [5.41, 5.74) is 1.94. The van der Waals surface area contributed by atoms with Crippen molar-refractivity contribution >= 4 is 23.2 Å². The molecule has 2 rings (SSSR count). The lowest BCUT2D eigenvalue weighted by Gasteiger charge is -2.18. The fourth-order valence-electron chi connectivity index (χ4n) is 2.19. The van der Waals surface area contributed by atoms with Crippen LogP contribution in [0.25, 0.3) is 0 Å². The van der Waals surface area contributed by atoms with Crippen molar-refractivity contribution in [2.75, 3.05) is 5.32 Å². The van der Waals surface area contributed by atoms with E-state index in [9.17, 15) is 4.79 Å². The van der Waals surface area contributed by atoms with Gasteiger partial charge in [-0.3, -0.25) is 4.79 Å². The van der Waals surface area contributed by atoms with Crippen molar-refractivity contribution in [3.8, 4) is 5.75 Å². The van der Waals surface area contributed by atoms with E-state index in [4.69, 9.17) is 16.3 Å². The Labute approximate surface area is 136 Å². The molecule has 1 N–H and O–H groups in total. The third-order valence-electron chi connectivity index (χ3n) is 3.39. The van der Waals surface area contributed by atoms with Crippen LogP contribution in [0, 0.1) is 0 Å². The molecule has 0 radical (unpaired) electrons. The predicted molar refractivity (Wildman–Crippen MR) is 90.6 cm³/mol. The van der Waals surface area contributed by atoms with Crippen LogP contribution < -0.4 is 10.1 Å². The number of hydrogen-bond acceptors (Lipinski definition) is 2. The van der Waals surface area contributed by atoms with Gasteiger partial charge in [0.1, 0.15) is 5.75 Å². The van der Waals surface area contributed by atoms with Gasteiger partial charge < -0.3 is 10.1 Å². The molecule has 3 nitrogen and oxygen atoms in total. The first kappa shape index (κ1) is 16.4. The Morgan fingerprint density at radius 3 is 2.64 bits per heavy atom. The summed E-state index contributed by atoms with van der Waals surface area (Å²) < 4.78 is 5.76. The second kappa shape index (κ2) is 7.85. The molecule has 1 atom stereocenters. The summed E-state index contributed by atoms with van der Waals surface area (Å²) in [5.74, 6) is 0.446. The number of amides is 1. The van der Waals surface area contributed by atoms with E-state index in [0.717, 1.165) is 17.7 Å². The highest BCUT2D eigenvalue weighted by Crippen LogP contribution is 2.21. The number of nitrogens with one attached hydrogen (secondary N) is 1. The zero-order valence-corrected chi connectivity index (χ0v) is 13.6. The van der Waals surface area contributed by atoms with Crippen molar-refractivity contribution in [1.82, 2.24) is 0 Å². The third-order valence-corrected chi connectivity index (χ3v) is 3.63. The van der Waals surface area contributed by atoms with Crippen LogP contribution in [0.1, 0.15) is 25.8 Å². The highest BCUT2D eigenvalue weighted by molar-refractivity contribution is 6.30. The summed E-state index contributed by atoms with van der Waals surface area (Å²) in [6, 6.07) is 14.9. The number of hydrogen-bond donors (Lipinski definition) is 1. The van der Waals surface area contributed by atoms with Gasteiger partial charge >= 0.3 is 0 Å². The van der Waals surface area contributed by atoms with Gasteiger partial charge in [0.25, 0.3) is 5.91 Å². The molecule has 2 aromatic carbocycles. The normalized spacial score (nSPS) is 11.8. The number of rotatable bonds is 6. The van der Waals surface area contributed by atoms with Gasteiger partial charge in [-0.05, 0) is 42.7 Å². The molecule has 0 aliphatic heterocycles. The summed E-state index contributed by atoms with van der Waals surface area (Å²) in [7, 11) is 0. The molecule has 1 amide bonds. The highest BCUT2D eigenvalue weighted by Gasteiger charge is 2.19. The minimum absolute atomic E-state index is 0.150. The van der Waals surface area contributed by atoms with E-state index < -0.39 is 6.10 Å². The van der Waals surface area contributed by atoms with E-state index in [1.165, 1.54) is 0 Å². The molecule has 2 aromatic rings. The third kappa shape index (κ3) is 4.25. The SMILES string of the molecule is CCc1ccccc1NC(=O)C(CC)Oc1cccc(Cl)c1. The smallest absolute Gasteiger partial charge is 0.265 e. The molecule has 0 aliphatic carbocycles. The Bertz CT molecular complexity index is 642. The van der Waals surface area contributed by atoms with Gasteiger partial charge in [0, 0.05) is 10.7 Å². The van der Waals surface area contributed by atoms with Gasteiger partial charge in [-0.1, -0.05) is 49.7 Å². The van der Waals surface area contributed by atoms with Crippen LogP contribution >= 0.6 is 11.6 Å². The average Bonchev–Trinajstić information content (AvgIpc) is 2.53. The lowest BCUT2D eigenvalue weighted by atomic mass is 10.1. The Balaban J connectivity index is 2.09. The largest absolute Gasteiger partial charge is 0.481 e. The summed E-state index contributed by atoms with van der Waals surface area (Å²) in [6.07, 6.45) is 0.887. The Kier molecular flexibility index (Phi) is 5.84. The van der Waals surface area contributed by atoms with Crippen LogP contribution in [0.5, 0.6) is 5.75 Å². The molecule has 0 spiro atoms. The fraction of sp³-hybridized carbons (Fsp3) is 0.278. The standard InChI is InChI=1S/C18H20ClNO2/c1-3-13-8-5-6-11-16(13)20-18(21)17(4-2)22-15-10-7-9-14(19)12-15/h5-12,17H,3-4H2,1-2H3,(H,20,21). The molecule has 0 bridgehead atoms. The Morgan fingerprint density at radius 1 is 1.18 bits per heavy atom. The monoisotopic (exact) mass is 317 g/mol. The summed E-state index contributed by atoms with van der Waals surface area (Å²) >= 11 is 5.94. The summed E-state index contributed by atoms with van der Waals surface area (Å²) in [4.78, 5) is 12.4. The molecule has 0 fully saturated rings. The zero-order valence-electron chi connectivity index (χ0n) is 12.8.